The maximum absolute atomic E-state index is 11.7. The number of hydrogen-bond acceptors (Lipinski definition) is 6. The Labute approximate surface area is 141 Å². The molecule has 9 nitrogen and oxygen atoms in total. The molecule has 25 heavy (non-hydrogen) atoms. The van der Waals surface area contributed by atoms with E-state index in [-0.39, 0.29) is 18.6 Å². The summed E-state index contributed by atoms with van der Waals surface area (Å²) >= 11 is 0. The number of aromatic amines is 1. The predicted octanol–water partition coefficient (Wildman–Crippen LogP) is 0.462. The van der Waals surface area contributed by atoms with Crippen molar-refractivity contribution in [1.82, 2.24) is 4.98 Å². The van der Waals surface area contributed by atoms with Crippen LogP contribution >= 0.6 is 0 Å². The zero-order valence-electron chi connectivity index (χ0n) is 13.0. The second kappa shape index (κ2) is 7.58. The minimum absolute atomic E-state index is 0.0971. The molecular weight excluding hydrogens is 332 g/mol. The molecule has 0 spiro atoms. The third kappa shape index (κ3) is 4.64. The largest absolute Gasteiger partial charge is 0.480 e. The van der Waals surface area contributed by atoms with E-state index in [9.17, 15) is 19.2 Å². The number of carbonyl (C=O) groups excluding carboxylic acids is 2. The van der Waals surface area contributed by atoms with E-state index < -0.39 is 36.2 Å². The molecule has 9 heteroatoms. The van der Waals surface area contributed by atoms with Gasteiger partial charge in [0.25, 0.3) is 0 Å². The summed E-state index contributed by atoms with van der Waals surface area (Å²) in [4.78, 5) is 46.9. The van der Waals surface area contributed by atoms with Crippen molar-refractivity contribution >= 4 is 34.6 Å². The van der Waals surface area contributed by atoms with Gasteiger partial charge in [-0.2, -0.15) is 0 Å². The highest BCUT2D eigenvalue weighted by Crippen LogP contribution is 2.25. The summed E-state index contributed by atoms with van der Waals surface area (Å²) < 4.78 is 5.08. The fourth-order valence-corrected chi connectivity index (χ4v) is 2.22. The van der Waals surface area contributed by atoms with Crippen LogP contribution in [-0.4, -0.2) is 44.9 Å². The summed E-state index contributed by atoms with van der Waals surface area (Å²) in [7, 11) is 0. The lowest BCUT2D eigenvalue weighted by Gasteiger charge is -2.07. The average Bonchev–Trinajstić information content (AvgIpc) is 2.94. The number of carbonyl (C=O) groups is 4. The molecule has 2 aromatic rings. The number of aliphatic carboxylic acids is 2. The highest BCUT2D eigenvalue weighted by atomic mass is 16.5. The van der Waals surface area contributed by atoms with Crippen LogP contribution in [0.2, 0.25) is 0 Å². The molecule has 0 aliphatic rings. The number of benzene rings is 1. The van der Waals surface area contributed by atoms with Crippen LogP contribution in [0.5, 0.6) is 5.75 Å². The van der Waals surface area contributed by atoms with Crippen molar-refractivity contribution in [3.63, 3.8) is 0 Å². The first kappa shape index (κ1) is 18.1. The molecule has 1 aromatic carbocycles. The van der Waals surface area contributed by atoms with E-state index in [1.807, 2.05) is 0 Å². The van der Waals surface area contributed by atoms with Gasteiger partial charge in [-0.15, -0.1) is 0 Å². The monoisotopic (exact) mass is 348 g/mol. The van der Waals surface area contributed by atoms with Crippen LogP contribution in [0.4, 0.5) is 0 Å². The number of carboxylic acids is 2. The van der Waals surface area contributed by atoms with E-state index in [2.05, 4.69) is 4.98 Å². The number of esters is 1. The van der Waals surface area contributed by atoms with Gasteiger partial charge in [-0.3, -0.25) is 14.4 Å². The Kier molecular flexibility index (Phi) is 5.50. The normalized spacial score (nSPS) is 11.9. The number of nitrogens with one attached hydrogen (secondary N) is 1. The molecule has 0 radical (unpaired) electrons. The number of carboxylic acid groups (broad SMARTS) is 2. The van der Waals surface area contributed by atoms with Gasteiger partial charge in [0.05, 0.1) is 6.42 Å². The molecule has 1 aromatic heterocycles. The third-order valence-electron chi connectivity index (χ3n) is 3.52. The summed E-state index contributed by atoms with van der Waals surface area (Å²) in [6.45, 7) is 0. The topological polar surface area (TPSA) is 160 Å². The lowest BCUT2D eigenvalue weighted by molar-refractivity contribution is -0.149. The fourth-order valence-electron chi connectivity index (χ4n) is 2.22. The molecule has 132 valence electrons. The van der Waals surface area contributed by atoms with Gasteiger partial charge < -0.3 is 25.7 Å². The van der Waals surface area contributed by atoms with Crippen LogP contribution in [-0.2, 0) is 25.6 Å². The first-order chi connectivity index (χ1) is 11.8. The fraction of sp³-hybridized carbons (Fsp3) is 0.250. The number of H-pyrrole nitrogens is 1. The first-order valence-electron chi connectivity index (χ1n) is 7.33. The maximum atomic E-state index is 11.7. The van der Waals surface area contributed by atoms with Crippen LogP contribution in [0.1, 0.15) is 18.4 Å². The van der Waals surface area contributed by atoms with E-state index >= 15 is 0 Å². The van der Waals surface area contributed by atoms with Crippen LogP contribution in [0.25, 0.3) is 10.9 Å². The molecule has 2 rings (SSSR count). The van der Waals surface area contributed by atoms with Crippen LogP contribution in [0, 0.1) is 0 Å². The van der Waals surface area contributed by atoms with Crippen LogP contribution < -0.4 is 10.5 Å². The first-order valence-corrected chi connectivity index (χ1v) is 7.33. The molecule has 0 fully saturated rings. The zero-order chi connectivity index (χ0) is 18.6. The molecule has 0 amide bonds. The van der Waals surface area contributed by atoms with Gasteiger partial charge in [-0.05, 0) is 23.8 Å². The van der Waals surface area contributed by atoms with Crippen LogP contribution in [0.15, 0.2) is 24.4 Å². The Morgan fingerprint density at radius 3 is 2.52 bits per heavy atom. The SMILES string of the molecule is N[C@@H](Cc1c[nH]c2ccc(OC(=O)CCC(=O)C(=O)O)cc12)C(=O)O. The number of fused-ring (bicyclic) bond motifs is 1. The second-order valence-electron chi connectivity index (χ2n) is 5.37. The molecule has 5 N–H and O–H groups in total. The quantitative estimate of drug-likeness (QED) is 0.304. The number of nitrogens with two attached hydrogens (primary N) is 1. The van der Waals surface area contributed by atoms with Crippen molar-refractivity contribution in [2.24, 2.45) is 5.73 Å². The molecule has 1 heterocycles. The average molecular weight is 348 g/mol. The summed E-state index contributed by atoms with van der Waals surface area (Å²) in [6.07, 6.45) is 0.927. The van der Waals surface area contributed by atoms with E-state index in [1.54, 1.807) is 18.3 Å². The van der Waals surface area contributed by atoms with Gasteiger partial charge in [0.1, 0.15) is 11.8 Å². The summed E-state index contributed by atoms with van der Waals surface area (Å²) in [6, 6.07) is 3.66. The summed E-state index contributed by atoms with van der Waals surface area (Å²) in [5.41, 5.74) is 6.90. The minimum atomic E-state index is -1.60. The maximum Gasteiger partial charge on any atom is 0.372 e. The predicted molar refractivity (Wildman–Crippen MR) is 85.1 cm³/mol. The van der Waals surface area contributed by atoms with E-state index in [1.165, 1.54) is 6.07 Å². The van der Waals surface area contributed by atoms with Gasteiger partial charge in [0, 0.05) is 29.9 Å². The molecule has 1 atom stereocenters. The number of rotatable bonds is 8. The van der Waals surface area contributed by atoms with Crippen molar-refractivity contribution in [2.45, 2.75) is 25.3 Å². The Balaban J connectivity index is 2.09. The number of Topliss-reactive ketones (excluding diaryl/α,β-unsaturated/α-hetero) is 1. The smallest absolute Gasteiger partial charge is 0.372 e. The molecule has 0 aliphatic carbocycles. The van der Waals surface area contributed by atoms with E-state index in [4.69, 9.17) is 20.7 Å². The molecule has 0 aliphatic heterocycles. The summed E-state index contributed by atoms with van der Waals surface area (Å²) in [5.74, 6) is -4.33. The minimum Gasteiger partial charge on any atom is -0.480 e. The lowest BCUT2D eigenvalue weighted by atomic mass is 10.1. The van der Waals surface area contributed by atoms with Gasteiger partial charge in [-0.25, -0.2) is 4.79 Å². The van der Waals surface area contributed by atoms with Gasteiger partial charge in [-0.1, -0.05) is 0 Å². The molecule has 0 saturated heterocycles. The number of hydrogen-bond donors (Lipinski definition) is 4. The lowest BCUT2D eigenvalue weighted by Crippen LogP contribution is -2.32. The van der Waals surface area contributed by atoms with Crippen molar-refractivity contribution in [3.05, 3.63) is 30.0 Å². The van der Waals surface area contributed by atoms with Crippen LogP contribution in [0.3, 0.4) is 0 Å². The third-order valence-corrected chi connectivity index (χ3v) is 3.52. The molecule has 0 bridgehead atoms. The van der Waals surface area contributed by atoms with Gasteiger partial charge in [0.15, 0.2) is 0 Å². The number of ether oxygens (including phenoxy) is 1. The molecule has 0 unspecified atom stereocenters. The molecular formula is C16H16N2O7. The Hall–Kier alpha value is -3.20. The number of aromatic nitrogens is 1. The van der Waals surface area contributed by atoms with Crippen molar-refractivity contribution in [2.75, 3.05) is 0 Å². The van der Waals surface area contributed by atoms with Gasteiger partial charge >= 0.3 is 17.9 Å². The van der Waals surface area contributed by atoms with Crippen molar-refractivity contribution in [1.29, 1.82) is 0 Å². The Morgan fingerprint density at radius 2 is 1.88 bits per heavy atom. The number of ketones is 1. The van der Waals surface area contributed by atoms with Crippen molar-refractivity contribution < 1.29 is 34.1 Å². The zero-order valence-corrected chi connectivity index (χ0v) is 13.0. The van der Waals surface area contributed by atoms with E-state index in [0.717, 1.165) is 0 Å². The Bertz CT molecular complexity index is 840. The molecule has 0 saturated carbocycles. The van der Waals surface area contributed by atoms with E-state index in [0.29, 0.717) is 16.5 Å². The summed E-state index contributed by atoms with van der Waals surface area (Å²) in [5, 5.41) is 18.0. The highest BCUT2D eigenvalue weighted by molar-refractivity contribution is 6.32. The Morgan fingerprint density at radius 1 is 1.16 bits per heavy atom. The standard InChI is InChI=1S/C16H16N2O7/c17-11(15(21)22)5-8-7-18-12-2-1-9(6-10(8)12)25-14(20)4-3-13(19)16(23)24/h1-2,6-7,11,18H,3-5,17H2,(H,21,22)(H,23,24)/t11-/m0/s1. The highest BCUT2D eigenvalue weighted by Gasteiger charge is 2.17. The van der Waals surface area contributed by atoms with Gasteiger partial charge in [0.2, 0.25) is 5.78 Å². The second-order valence-corrected chi connectivity index (χ2v) is 5.37. The van der Waals surface area contributed by atoms with Crippen molar-refractivity contribution in [3.8, 4) is 5.75 Å².